The average Bonchev–Trinajstić information content (AvgIpc) is 2.36. The molecule has 0 spiro atoms. The van der Waals surface area contributed by atoms with E-state index < -0.39 is 0 Å². The second-order valence-electron chi connectivity index (χ2n) is 4.68. The summed E-state index contributed by atoms with van der Waals surface area (Å²) in [6, 6.07) is 4.86. The first-order valence-electron chi connectivity index (χ1n) is 6.57. The quantitative estimate of drug-likeness (QED) is 0.867. The maximum Gasteiger partial charge on any atom is 0.167 e. The highest BCUT2D eigenvalue weighted by Gasteiger charge is 2.22. The first-order valence-corrected chi connectivity index (χ1v) is 6.57. The van der Waals surface area contributed by atoms with Gasteiger partial charge in [-0.3, -0.25) is 0 Å². The Labute approximate surface area is 107 Å². The minimum Gasteiger partial charge on any atom is -0.491 e. The van der Waals surface area contributed by atoms with Gasteiger partial charge in [-0.15, -0.1) is 0 Å². The molecule has 2 rings (SSSR count). The van der Waals surface area contributed by atoms with Crippen LogP contribution in [0.5, 0.6) is 5.75 Å². The van der Waals surface area contributed by atoms with Crippen molar-refractivity contribution < 1.29 is 14.2 Å². The van der Waals surface area contributed by atoms with Gasteiger partial charge in [0.1, 0.15) is 0 Å². The molecule has 4 heteroatoms. The number of anilines is 1. The fourth-order valence-electron chi connectivity index (χ4n) is 2.36. The second-order valence-corrected chi connectivity index (χ2v) is 4.68. The highest BCUT2D eigenvalue weighted by molar-refractivity contribution is 5.48. The molecule has 100 valence electrons. The van der Waals surface area contributed by atoms with Crippen LogP contribution in [0, 0.1) is 5.82 Å². The SMILES string of the molecule is CCOc1ccc(N[C@H]2CCCC[C@@H]2O)cc1F. The van der Waals surface area contributed by atoms with E-state index in [9.17, 15) is 9.50 Å². The molecule has 0 heterocycles. The summed E-state index contributed by atoms with van der Waals surface area (Å²) in [5.41, 5.74) is 0.696. The Kier molecular flexibility index (Phi) is 4.42. The van der Waals surface area contributed by atoms with E-state index in [1.165, 1.54) is 6.07 Å². The minimum atomic E-state index is -0.368. The first kappa shape index (κ1) is 13.1. The molecule has 2 atom stereocenters. The zero-order chi connectivity index (χ0) is 13.0. The summed E-state index contributed by atoms with van der Waals surface area (Å²) in [4.78, 5) is 0. The molecule has 0 amide bonds. The number of aliphatic hydroxyl groups excluding tert-OH is 1. The standard InChI is InChI=1S/C14H20FNO2/c1-2-18-14-8-7-10(9-11(14)15)16-12-5-3-4-6-13(12)17/h7-9,12-13,16-17H,2-6H2,1H3/t12-,13-/m0/s1. The number of benzene rings is 1. The topological polar surface area (TPSA) is 41.5 Å². The smallest absolute Gasteiger partial charge is 0.167 e. The van der Waals surface area contributed by atoms with Crippen molar-refractivity contribution in [1.29, 1.82) is 0 Å². The van der Waals surface area contributed by atoms with Crippen LogP contribution in [0.25, 0.3) is 0 Å². The van der Waals surface area contributed by atoms with Crippen LogP contribution in [0.1, 0.15) is 32.6 Å². The van der Waals surface area contributed by atoms with Gasteiger partial charge in [0, 0.05) is 11.8 Å². The lowest BCUT2D eigenvalue weighted by atomic mass is 9.92. The lowest BCUT2D eigenvalue weighted by Gasteiger charge is -2.29. The van der Waals surface area contributed by atoms with Crippen LogP contribution in [-0.4, -0.2) is 23.9 Å². The molecule has 3 nitrogen and oxygen atoms in total. The van der Waals surface area contributed by atoms with E-state index in [1.54, 1.807) is 12.1 Å². The van der Waals surface area contributed by atoms with Crippen molar-refractivity contribution in [3.63, 3.8) is 0 Å². The van der Waals surface area contributed by atoms with E-state index in [-0.39, 0.29) is 23.7 Å². The number of hydrogen-bond donors (Lipinski definition) is 2. The fourth-order valence-corrected chi connectivity index (χ4v) is 2.36. The Balaban J connectivity index is 2.02. The Hall–Kier alpha value is -1.29. The van der Waals surface area contributed by atoms with Gasteiger partial charge in [-0.1, -0.05) is 12.8 Å². The van der Waals surface area contributed by atoms with Gasteiger partial charge in [0.2, 0.25) is 0 Å². The predicted octanol–water partition coefficient (Wildman–Crippen LogP) is 2.94. The molecular weight excluding hydrogens is 233 g/mol. The van der Waals surface area contributed by atoms with E-state index in [2.05, 4.69) is 5.32 Å². The highest BCUT2D eigenvalue weighted by atomic mass is 19.1. The van der Waals surface area contributed by atoms with Crippen molar-refractivity contribution in [2.45, 2.75) is 44.8 Å². The van der Waals surface area contributed by atoms with Gasteiger partial charge < -0.3 is 15.2 Å². The van der Waals surface area contributed by atoms with Crippen LogP contribution < -0.4 is 10.1 Å². The van der Waals surface area contributed by atoms with Crippen LogP contribution in [0.4, 0.5) is 10.1 Å². The molecule has 0 aliphatic heterocycles. The van der Waals surface area contributed by atoms with Gasteiger partial charge in [0.25, 0.3) is 0 Å². The van der Waals surface area contributed by atoms with Crippen LogP contribution in [0.15, 0.2) is 18.2 Å². The van der Waals surface area contributed by atoms with Gasteiger partial charge in [0.15, 0.2) is 11.6 Å². The van der Waals surface area contributed by atoms with Gasteiger partial charge in [-0.2, -0.15) is 0 Å². The monoisotopic (exact) mass is 253 g/mol. The van der Waals surface area contributed by atoms with Crippen molar-refractivity contribution in [3.8, 4) is 5.75 Å². The maximum absolute atomic E-state index is 13.7. The third-order valence-electron chi connectivity index (χ3n) is 3.31. The summed E-state index contributed by atoms with van der Waals surface area (Å²) >= 11 is 0. The Morgan fingerprint density at radius 2 is 2.17 bits per heavy atom. The summed E-state index contributed by atoms with van der Waals surface area (Å²) in [5.74, 6) is -0.0978. The molecule has 1 saturated carbocycles. The van der Waals surface area contributed by atoms with Crippen LogP contribution in [0.3, 0.4) is 0 Å². The van der Waals surface area contributed by atoms with Crippen molar-refractivity contribution in [3.05, 3.63) is 24.0 Å². The molecule has 1 aromatic carbocycles. The Morgan fingerprint density at radius 3 is 2.83 bits per heavy atom. The molecule has 1 aromatic rings. The molecule has 0 radical (unpaired) electrons. The van der Waals surface area contributed by atoms with Crippen molar-refractivity contribution >= 4 is 5.69 Å². The number of ether oxygens (including phenoxy) is 1. The third kappa shape index (κ3) is 3.13. The molecule has 1 fully saturated rings. The highest BCUT2D eigenvalue weighted by Crippen LogP contribution is 2.25. The van der Waals surface area contributed by atoms with Crippen LogP contribution in [0.2, 0.25) is 0 Å². The second kappa shape index (κ2) is 6.05. The third-order valence-corrected chi connectivity index (χ3v) is 3.31. The molecule has 0 saturated heterocycles. The van der Waals surface area contributed by atoms with Crippen LogP contribution >= 0.6 is 0 Å². The van der Waals surface area contributed by atoms with Crippen molar-refractivity contribution in [2.75, 3.05) is 11.9 Å². The number of halogens is 1. The predicted molar refractivity (Wildman–Crippen MR) is 69.5 cm³/mol. The molecule has 2 N–H and O–H groups in total. The van der Waals surface area contributed by atoms with E-state index in [4.69, 9.17) is 4.74 Å². The first-order chi connectivity index (χ1) is 8.70. The zero-order valence-electron chi connectivity index (χ0n) is 10.7. The van der Waals surface area contributed by atoms with Gasteiger partial charge in [-0.05, 0) is 31.9 Å². The van der Waals surface area contributed by atoms with Gasteiger partial charge in [-0.25, -0.2) is 4.39 Å². The maximum atomic E-state index is 13.7. The normalized spacial score (nSPS) is 23.7. The summed E-state index contributed by atoms with van der Waals surface area (Å²) in [6.45, 7) is 2.27. The Bertz CT molecular complexity index is 397. The Morgan fingerprint density at radius 1 is 1.39 bits per heavy atom. The number of hydrogen-bond acceptors (Lipinski definition) is 3. The van der Waals surface area contributed by atoms with Crippen molar-refractivity contribution in [1.82, 2.24) is 0 Å². The summed E-state index contributed by atoms with van der Waals surface area (Å²) in [5, 5.41) is 13.1. The largest absolute Gasteiger partial charge is 0.491 e. The lowest BCUT2D eigenvalue weighted by Crippen LogP contribution is -2.36. The number of nitrogens with one attached hydrogen (secondary N) is 1. The molecule has 1 aliphatic carbocycles. The molecule has 0 unspecified atom stereocenters. The van der Waals surface area contributed by atoms with Gasteiger partial charge in [0.05, 0.1) is 18.8 Å². The van der Waals surface area contributed by atoms with Gasteiger partial charge >= 0.3 is 0 Å². The molecule has 18 heavy (non-hydrogen) atoms. The molecular formula is C14H20FNO2. The van der Waals surface area contributed by atoms with E-state index in [0.717, 1.165) is 25.7 Å². The van der Waals surface area contributed by atoms with E-state index in [0.29, 0.717) is 12.3 Å². The number of aliphatic hydroxyl groups is 1. The molecule has 1 aliphatic rings. The minimum absolute atomic E-state index is 0.0242. The number of rotatable bonds is 4. The van der Waals surface area contributed by atoms with E-state index >= 15 is 0 Å². The summed E-state index contributed by atoms with van der Waals surface area (Å²) < 4.78 is 18.8. The molecule has 0 aromatic heterocycles. The lowest BCUT2D eigenvalue weighted by molar-refractivity contribution is 0.116. The fraction of sp³-hybridized carbons (Fsp3) is 0.571. The molecule has 0 bridgehead atoms. The zero-order valence-corrected chi connectivity index (χ0v) is 10.7. The average molecular weight is 253 g/mol. The van der Waals surface area contributed by atoms with E-state index in [1.807, 2.05) is 6.92 Å². The van der Waals surface area contributed by atoms with Crippen molar-refractivity contribution in [2.24, 2.45) is 0 Å². The summed E-state index contributed by atoms with van der Waals surface area (Å²) in [7, 11) is 0. The van der Waals surface area contributed by atoms with Crippen LogP contribution in [-0.2, 0) is 0 Å². The summed E-state index contributed by atoms with van der Waals surface area (Å²) in [6.07, 6.45) is 3.58.